The Morgan fingerprint density at radius 2 is 1.62 bits per heavy atom. The van der Waals surface area contributed by atoms with E-state index >= 15 is 0 Å². The van der Waals surface area contributed by atoms with Gasteiger partial charge in [-0.3, -0.25) is 4.79 Å². The summed E-state index contributed by atoms with van der Waals surface area (Å²) in [5.41, 5.74) is 0. The number of nitrogens with zero attached hydrogens (tertiary/aromatic N) is 1. The maximum atomic E-state index is 10.8. The quantitative estimate of drug-likeness (QED) is 0.445. The van der Waals surface area contributed by atoms with Crippen LogP contribution in [0.4, 0.5) is 0 Å². The summed E-state index contributed by atoms with van der Waals surface area (Å²) in [6, 6.07) is 0. The van der Waals surface area contributed by atoms with Gasteiger partial charge in [0.1, 0.15) is 6.54 Å². The monoisotopic (exact) mass is 233 g/mol. The molecule has 0 unspecified atom stereocenters. The van der Waals surface area contributed by atoms with Crippen molar-refractivity contribution in [1.29, 1.82) is 0 Å². The molecule has 0 bridgehead atoms. The van der Waals surface area contributed by atoms with E-state index in [1.165, 1.54) is 0 Å². The van der Waals surface area contributed by atoms with Gasteiger partial charge in [-0.05, 0) is 0 Å². The van der Waals surface area contributed by atoms with Crippen LogP contribution in [0.3, 0.4) is 0 Å². The Hall–Kier alpha value is -0.650. The maximum Gasteiger partial charge on any atom is 0.222 e. The van der Waals surface area contributed by atoms with Crippen molar-refractivity contribution in [3.05, 3.63) is 0 Å². The minimum atomic E-state index is 0.00551. The van der Waals surface area contributed by atoms with Crippen LogP contribution in [0.15, 0.2) is 0 Å². The van der Waals surface area contributed by atoms with Gasteiger partial charge in [0.15, 0.2) is 0 Å². The van der Waals surface area contributed by atoms with Crippen LogP contribution in [0.25, 0.3) is 0 Å². The summed E-state index contributed by atoms with van der Waals surface area (Å²) in [5.74, 6) is 0.00551. The van der Waals surface area contributed by atoms with Crippen molar-refractivity contribution in [2.45, 2.75) is 6.42 Å². The highest BCUT2D eigenvalue weighted by Crippen LogP contribution is 1.90. The van der Waals surface area contributed by atoms with Gasteiger partial charge in [-0.1, -0.05) is 0 Å². The molecule has 1 N–H and O–H groups in total. The number of rotatable bonds is 9. The van der Waals surface area contributed by atoms with Crippen LogP contribution in [0.1, 0.15) is 6.42 Å². The van der Waals surface area contributed by atoms with E-state index in [1.807, 2.05) is 0 Å². The Morgan fingerprint density at radius 3 is 2.12 bits per heavy atom. The lowest BCUT2D eigenvalue weighted by atomic mass is 10.4. The lowest BCUT2D eigenvalue weighted by molar-refractivity contribution is -0.870. The minimum absolute atomic E-state index is 0.00551. The third-order valence-electron chi connectivity index (χ3n) is 2.03. The van der Waals surface area contributed by atoms with E-state index < -0.39 is 0 Å². The summed E-state index contributed by atoms with van der Waals surface area (Å²) >= 11 is 0. The molecule has 0 aromatic heterocycles. The molecule has 0 aliphatic heterocycles. The van der Waals surface area contributed by atoms with E-state index in [1.54, 1.807) is 7.05 Å². The second-order valence-corrected chi connectivity index (χ2v) is 4.66. The number of carbonyl (C=O) groups excluding carboxylic acids is 1. The summed E-state index contributed by atoms with van der Waals surface area (Å²) in [7, 11) is 8.01. The molecule has 0 fully saturated rings. The van der Waals surface area contributed by atoms with Crippen LogP contribution in [0.5, 0.6) is 0 Å². The second-order valence-electron chi connectivity index (χ2n) is 4.66. The SMILES string of the molecule is CNC(=O)CCOCCOCC[N+](C)(C)C. The average Bonchev–Trinajstić information content (AvgIpc) is 2.20. The summed E-state index contributed by atoms with van der Waals surface area (Å²) in [4.78, 5) is 10.8. The van der Waals surface area contributed by atoms with Gasteiger partial charge in [0, 0.05) is 13.5 Å². The highest BCUT2D eigenvalue weighted by atomic mass is 16.5. The first kappa shape index (κ1) is 15.3. The molecule has 0 rings (SSSR count). The molecule has 0 saturated carbocycles. The standard InChI is InChI=1S/C11H24N2O3/c1-12-11(14)5-7-15-9-10-16-8-6-13(2,3)4/h5-10H2,1-4H3/p+1. The zero-order chi connectivity index (χ0) is 12.4. The average molecular weight is 233 g/mol. The van der Waals surface area contributed by atoms with E-state index in [-0.39, 0.29) is 5.91 Å². The van der Waals surface area contributed by atoms with Crippen molar-refractivity contribution in [2.75, 3.05) is 61.2 Å². The van der Waals surface area contributed by atoms with Crippen LogP contribution in [0, 0.1) is 0 Å². The molecular formula is C11H25N2O3+. The molecule has 0 aliphatic rings. The lowest BCUT2D eigenvalue weighted by Gasteiger charge is -2.23. The number of carbonyl (C=O) groups is 1. The van der Waals surface area contributed by atoms with Crippen molar-refractivity contribution in [1.82, 2.24) is 5.32 Å². The van der Waals surface area contributed by atoms with E-state index in [4.69, 9.17) is 9.47 Å². The van der Waals surface area contributed by atoms with E-state index in [2.05, 4.69) is 26.5 Å². The zero-order valence-corrected chi connectivity index (χ0v) is 10.9. The molecule has 1 amide bonds. The summed E-state index contributed by atoms with van der Waals surface area (Å²) in [5, 5.41) is 2.54. The van der Waals surface area contributed by atoms with E-state index in [0.29, 0.717) is 26.2 Å². The Morgan fingerprint density at radius 1 is 1.06 bits per heavy atom. The van der Waals surface area contributed by atoms with Gasteiger partial charge < -0.3 is 19.3 Å². The molecule has 16 heavy (non-hydrogen) atoms. The number of hydrogen-bond donors (Lipinski definition) is 1. The Kier molecular flexibility index (Phi) is 8.15. The highest BCUT2D eigenvalue weighted by Gasteiger charge is 2.05. The fourth-order valence-electron chi connectivity index (χ4n) is 0.950. The Bertz CT molecular complexity index is 190. The largest absolute Gasteiger partial charge is 0.379 e. The number of nitrogens with one attached hydrogen (secondary N) is 1. The van der Waals surface area contributed by atoms with Gasteiger partial charge >= 0.3 is 0 Å². The van der Waals surface area contributed by atoms with Crippen LogP contribution in [-0.2, 0) is 14.3 Å². The number of amides is 1. The maximum absolute atomic E-state index is 10.8. The van der Waals surface area contributed by atoms with Gasteiger partial charge in [-0.2, -0.15) is 0 Å². The summed E-state index contributed by atoms with van der Waals surface area (Å²) < 4.78 is 11.5. The number of likely N-dealkylation sites (N-methyl/N-ethyl adjacent to an activating group) is 1. The zero-order valence-electron chi connectivity index (χ0n) is 10.9. The van der Waals surface area contributed by atoms with E-state index in [0.717, 1.165) is 17.6 Å². The van der Waals surface area contributed by atoms with Crippen LogP contribution >= 0.6 is 0 Å². The minimum Gasteiger partial charge on any atom is -0.379 e. The first-order valence-corrected chi connectivity index (χ1v) is 5.62. The smallest absolute Gasteiger partial charge is 0.222 e. The first-order chi connectivity index (χ1) is 7.45. The van der Waals surface area contributed by atoms with Crippen molar-refractivity contribution < 1.29 is 18.8 Å². The summed E-state index contributed by atoms with van der Waals surface area (Å²) in [6.45, 7) is 3.32. The van der Waals surface area contributed by atoms with Crippen LogP contribution in [0.2, 0.25) is 0 Å². The third kappa shape index (κ3) is 11.4. The predicted molar refractivity (Wildman–Crippen MR) is 63.2 cm³/mol. The van der Waals surface area contributed by atoms with Crippen LogP contribution < -0.4 is 5.32 Å². The van der Waals surface area contributed by atoms with Gasteiger partial charge in [0.2, 0.25) is 5.91 Å². The molecule has 5 heteroatoms. The highest BCUT2D eigenvalue weighted by molar-refractivity contribution is 5.75. The number of quaternary nitrogens is 1. The van der Waals surface area contributed by atoms with E-state index in [9.17, 15) is 4.79 Å². The van der Waals surface area contributed by atoms with Gasteiger partial charge in [0.05, 0.1) is 47.6 Å². The Balaban J connectivity index is 3.13. The van der Waals surface area contributed by atoms with Crippen LogP contribution in [-0.4, -0.2) is 71.6 Å². The van der Waals surface area contributed by atoms with Gasteiger partial charge in [-0.25, -0.2) is 0 Å². The van der Waals surface area contributed by atoms with Gasteiger partial charge in [0.25, 0.3) is 0 Å². The summed E-state index contributed by atoms with van der Waals surface area (Å²) in [6.07, 6.45) is 0.412. The van der Waals surface area contributed by atoms with Crippen molar-refractivity contribution in [3.63, 3.8) is 0 Å². The topological polar surface area (TPSA) is 47.6 Å². The molecule has 0 aliphatic carbocycles. The molecule has 0 atom stereocenters. The van der Waals surface area contributed by atoms with Gasteiger partial charge in [-0.15, -0.1) is 0 Å². The lowest BCUT2D eigenvalue weighted by Crippen LogP contribution is -2.37. The molecule has 0 aromatic rings. The molecule has 0 radical (unpaired) electrons. The number of ether oxygens (including phenoxy) is 2. The van der Waals surface area contributed by atoms with Crippen molar-refractivity contribution in [3.8, 4) is 0 Å². The molecule has 0 heterocycles. The normalized spacial score (nSPS) is 11.5. The first-order valence-electron chi connectivity index (χ1n) is 5.62. The fraction of sp³-hybridized carbons (Fsp3) is 0.909. The van der Waals surface area contributed by atoms with Crippen molar-refractivity contribution in [2.24, 2.45) is 0 Å². The fourth-order valence-corrected chi connectivity index (χ4v) is 0.950. The molecule has 0 spiro atoms. The molecule has 0 saturated heterocycles. The third-order valence-corrected chi connectivity index (χ3v) is 2.03. The predicted octanol–water partition coefficient (Wildman–Crippen LogP) is -0.138. The van der Waals surface area contributed by atoms with Crippen molar-refractivity contribution >= 4 is 5.91 Å². The molecular weight excluding hydrogens is 208 g/mol. The number of hydrogen-bond acceptors (Lipinski definition) is 3. The molecule has 96 valence electrons. The second kappa shape index (κ2) is 8.50. The molecule has 5 nitrogen and oxygen atoms in total. The molecule has 0 aromatic carbocycles. The Labute approximate surface area is 98.3 Å².